The first-order valence-corrected chi connectivity index (χ1v) is 4.12. The van der Waals surface area contributed by atoms with Gasteiger partial charge >= 0.3 is 0 Å². The molecule has 3 rings (SSSR count). The van der Waals surface area contributed by atoms with Crippen LogP contribution in [0.5, 0.6) is 0 Å². The van der Waals surface area contributed by atoms with Crippen LogP contribution < -0.4 is 5.32 Å². The molecule has 2 heterocycles. The first kappa shape index (κ1) is 5.72. The SMILES string of the molecule is CC1N[C@H]2CC[C@@H]1CC2. The number of hydrogen-bond donors (Lipinski definition) is 1. The zero-order chi connectivity index (χ0) is 6.27. The third-order valence-corrected chi connectivity index (χ3v) is 2.98. The van der Waals surface area contributed by atoms with Crippen molar-refractivity contribution in [3.8, 4) is 0 Å². The molecule has 0 aromatic carbocycles. The van der Waals surface area contributed by atoms with Crippen molar-refractivity contribution in [3.05, 3.63) is 0 Å². The second kappa shape index (κ2) is 1.98. The molecule has 2 saturated heterocycles. The number of hydrogen-bond acceptors (Lipinski definition) is 1. The molecule has 1 atom stereocenters. The highest BCUT2D eigenvalue weighted by Crippen LogP contribution is 2.32. The maximum Gasteiger partial charge on any atom is 0.00698 e. The first-order chi connectivity index (χ1) is 4.36. The van der Waals surface area contributed by atoms with Gasteiger partial charge in [-0.25, -0.2) is 0 Å². The lowest BCUT2D eigenvalue weighted by Gasteiger charge is -2.42. The van der Waals surface area contributed by atoms with E-state index in [1.165, 1.54) is 25.7 Å². The summed E-state index contributed by atoms with van der Waals surface area (Å²) in [7, 11) is 0. The van der Waals surface area contributed by atoms with Crippen molar-refractivity contribution in [1.82, 2.24) is 5.32 Å². The van der Waals surface area contributed by atoms with Gasteiger partial charge in [0, 0.05) is 12.1 Å². The highest BCUT2D eigenvalue weighted by atomic mass is 15.0. The zero-order valence-corrected chi connectivity index (χ0v) is 6.06. The van der Waals surface area contributed by atoms with Gasteiger partial charge in [-0.05, 0) is 38.5 Å². The van der Waals surface area contributed by atoms with E-state index in [0.29, 0.717) is 0 Å². The zero-order valence-electron chi connectivity index (χ0n) is 6.06. The summed E-state index contributed by atoms with van der Waals surface area (Å²) < 4.78 is 0. The average Bonchev–Trinajstić information content (AvgIpc) is 1.90. The number of fused-ring (bicyclic) bond motifs is 3. The van der Waals surface area contributed by atoms with E-state index in [9.17, 15) is 0 Å². The molecule has 1 heteroatoms. The summed E-state index contributed by atoms with van der Waals surface area (Å²) in [5.41, 5.74) is 0. The fourth-order valence-electron chi connectivity index (χ4n) is 2.29. The van der Waals surface area contributed by atoms with Crippen LogP contribution in [0.3, 0.4) is 0 Å². The maximum absolute atomic E-state index is 3.62. The van der Waals surface area contributed by atoms with Crippen molar-refractivity contribution in [3.63, 3.8) is 0 Å². The van der Waals surface area contributed by atoms with Crippen LogP contribution in [0.1, 0.15) is 32.6 Å². The molecule has 1 unspecified atom stereocenters. The lowest BCUT2D eigenvalue weighted by Crippen LogP contribution is -2.50. The monoisotopic (exact) mass is 125 g/mol. The topological polar surface area (TPSA) is 12.0 Å². The van der Waals surface area contributed by atoms with Crippen LogP contribution in [0.4, 0.5) is 0 Å². The Labute approximate surface area is 56.8 Å². The van der Waals surface area contributed by atoms with Gasteiger partial charge in [-0.3, -0.25) is 0 Å². The summed E-state index contributed by atoms with van der Waals surface area (Å²) in [6.07, 6.45) is 5.85. The van der Waals surface area contributed by atoms with Gasteiger partial charge in [0.2, 0.25) is 0 Å². The van der Waals surface area contributed by atoms with E-state index >= 15 is 0 Å². The molecule has 1 N–H and O–H groups in total. The highest BCUT2D eigenvalue weighted by Gasteiger charge is 2.31. The highest BCUT2D eigenvalue weighted by molar-refractivity contribution is 4.90. The Balaban J connectivity index is 2.06. The van der Waals surface area contributed by atoms with Crippen LogP contribution in [0.25, 0.3) is 0 Å². The van der Waals surface area contributed by atoms with E-state index in [2.05, 4.69) is 12.2 Å². The lowest BCUT2D eigenvalue weighted by atomic mass is 9.77. The predicted molar refractivity (Wildman–Crippen MR) is 38.3 cm³/mol. The van der Waals surface area contributed by atoms with E-state index in [4.69, 9.17) is 0 Å². The molecular formula is C8H15N. The van der Waals surface area contributed by atoms with E-state index in [-0.39, 0.29) is 0 Å². The number of rotatable bonds is 0. The van der Waals surface area contributed by atoms with Gasteiger partial charge in [0.25, 0.3) is 0 Å². The van der Waals surface area contributed by atoms with E-state index in [1.807, 2.05) is 0 Å². The molecule has 1 nitrogen and oxygen atoms in total. The Morgan fingerprint density at radius 1 is 1.11 bits per heavy atom. The molecule has 3 fully saturated rings. The van der Waals surface area contributed by atoms with Crippen molar-refractivity contribution in [2.75, 3.05) is 0 Å². The molecule has 0 aromatic rings. The number of nitrogens with one attached hydrogen (secondary N) is 1. The fourth-order valence-corrected chi connectivity index (χ4v) is 2.29. The van der Waals surface area contributed by atoms with Crippen LogP contribution in [-0.2, 0) is 0 Å². The molecule has 2 bridgehead atoms. The van der Waals surface area contributed by atoms with Crippen LogP contribution in [0.15, 0.2) is 0 Å². The standard InChI is InChI=1S/C8H15N/c1-6-7-2-4-8(9-6)5-3-7/h6-9H,2-5H2,1H3/t6?,7-,8+. The minimum absolute atomic E-state index is 0.817. The van der Waals surface area contributed by atoms with Crippen molar-refractivity contribution in [2.45, 2.75) is 44.7 Å². The normalized spacial score (nSPS) is 49.7. The van der Waals surface area contributed by atoms with E-state index < -0.39 is 0 Å². The molecule has 1 aliphatic carbocycles. The van der Waals surface area contributed by atoms with Gasteiger partial charge < -0.3 is 5.32 Å². The maximum atomic E-state index is 3.62. The molecule has 0 spiro atoms. The Morgan fingerprint density at radius 3 is 2.00 bits per heavy atom. The van der Waals surface area contributed by atoms with Crippen LogP contribution in [0, 0.1) is 5.92 Å². The molecular weight excluding hydrogens is 110 g/mol. The van der Waals surface area contributed by atoms with Gasteiger partial charge in [0.1, 0.15) is 0 Å². The second-order valence-electron chi connectivity index (χ2n) is 3.57. The van der Waals surface area contributed by atoms with Crippen molar-refractivity contribution in [2.24, 2.45) is 5.92 Å². The van der Waals surface area contributed by atoms with Crippen molar-refractivity contribution < 1.29 is 0 Å². The number of piperidine rings is 2. The van der Waals surface area contributed by atoms with Gasteiger partial charge in [-0.1, -0.05) is 0 Å². The average molecular weight is 125 g/mol. The summed E-state index contributed by atoms with van der Waals surface area (Å²) in [5.74, 6) is 1.01. The fraction of sp³-hybridized carbons (Fsp3) is 1.00. The molecule has 3 aliphatic rings. The largest absolute Gasteiger partial charge is 0.311 e. The van der Waals surface area contributed by atoms with Gasteiger partial charge in [-0.2, -0.15) is 0 Å². The molecule has 0 amide bonds. The van der Waals surface area contributed by atoms with Gasteiger partial charge in [0.15, 0.2) is 0 Å². The van der Waals surface area contributed by atoms with Gasteiger partial charge in [-0.15, -0.1) is 0 Å². The summed E-state index contributed by atoms with van der Waals surface area (Å²) >= 11 is 0. The molecule has 0 aromatic heterocycles. The quantitative estimate of drug-likeness (QED) is 0.518. The minimum Gasteiger partial charge on any atom is -0.311 e. The Kier molecular flexibility index (Phi) is 1.26. The Bertz CT molecular complexity index is 103. The summed E-state index contributed by atoms with van der Waals surface area (Å²) in [4.78, 5) is 0. The van der Waals surface area contributed by atoms with Crippen molar-refractivity contribution in [1.29, 1.82) is 0 Å². The molecule has 1 saturated carbocycles. The van der Waals surface area contributed by atoms with E-state index in [1.54, 1.807) is 0 Å². The smallest absolute Gasteiger partial charge is 0.00698 e. The van der Waals surface area contributed by atoms with Gasteiger partial charge in [0.05, 0.1) is 0 Å². The van der Waals surface area contributed by atoms with Crippen molar-refractivity contribution >= 4 is 0 Å². The lowest BCUT2D eigenvalue weighted by molar-refractivity contribution is 0.159. The summed E-state index contributed by atoms with van der Waals surface area (Å²) in [5, 5.41) is 3.62. The summed E-state index contributed by atoms with van der Waals surface area (Å²) in [6, 6.07) is 1.70. The molecule has 0 radical (unpaired) electrons. The molecule has 52 valence electrons. The third kappa shape index (κ3) is 0.877. The summed E-state index contributed by atoms with van der Waals surface area (Å²) in [6.45, 7) is 2.33. The minimum atomic E-state index is 0.817. The van der Waals surface area contributed by atoms with Crippen LogP contribution >= 0.6 is 0 Å². The second-order valence-corrected chi connectivity index (χ2v) is 3.57. The van der Waals surface area contributed by atoms with Crippen LogP contribution in [0.2, 0.25) is 0 Å². The predicted octanol–water partition coefficient (Wildman–Crippen LogP) is 1.54. The molecule has 2 aliphatic heterocycles. The Morgan fingerprint density at radius 2 is 1.78 bits per heavy atom. The van der Waals surface area contributed by atoms with E-state index in [0.717, 1.165) is 18.0 Å². The Hall–Kier alpha value is -0.0400. The van der Waals surface area contributed by atoms with Crippen LogP contribution in [-0.4, -0.2) is 12.1 Å². The third-order valence-electron chi connectivity index (χ3n) is 2.98. The first-order valence-electron chi connectivity index (χ1n) is 4.12. The molecule has 9 heavy (non-hydrogen) atoms.